The van der Waals surface area contributed by atoms with Gasteiger partial charge < -0.3 is 4.74 Å². The standard InChI is InChI=1S/C20H23NO.C2H6/c1-3-20(22-15-18-7-5-4-6-8-18)13-16(2)19-10-9-17(14-19)11-12-21;1-2/h3-8,13,17,19H,1-2,9-11,14-15H2;1-2H3/b20-13+;. The molecule has 2 atom stereocenters. The van der Waals surface area contributed by atoms with Crippen LogP contribution in [0.4, 0.5) is 0 Å². The van der Waals surface area contributed by atoms with Crippen molar-refractivity contribution < 1.29 is 4.74 Å². The van der Waals surface area contributed by atoms with Gasteiger partial charge in [-0.3, -0.25) is 0 Å². The molecule has 0 heterocycles. The third-order valence-corrected chi connectivity index (χ3v) is 4.22. The van der Waals surface area contributed by atoms with Crippen molar-refractivity contribution in [2.75, 3.05) is 0 Å². The fourth-order valence-electron chi connectivity index (χ4n) is 2.93. The van der Waals surface area contributed by atoms with Crippen molar-refractivity contribution in [1.82, 2.24) is 0 Å². The Labute approximate surface area is 147 Å². The third kappa shape index (κ3) is 6.46. The van der Waals surface area contributed by atoms with Crippen LogP contribution in [-0.2, 0) is 11.3 Å². The van der Waals surface area contributed by atoms with Gasteiger partial charge in [0.25, 0.3) is 0 Å². The lowest BCUT2D eigenvalue weighted by Gasteiger charge is -2.12. The highest BCUT2D eigenvalue weighted by atomic mass is 16.5. The van der Waals surface area contributed by atoms with Crippen molar-refractivity contribution in [1.29, 1.82) is 5.26 Å². The van der Waals surface area contributed by atoms with Gasteiger partial charge in [-0.25, -0.2) is 0 Å². The van der Waals surface area contributed by atoms with E-state index in [0.29, 0.717) is 24.9 Å². The zero-order chi connectivity index (χ0) is 17.8. The third-order valence-electron chi connectivity index (χ3n) is 4.22. The van der Waals surface area contributed by atoms with E-state index in [-0.39, 0.29) is 0 Å². The minimum absolute atomic E-state index is 0.466. The molecule has 0 spiro atoms. The molecule has 1 aromatic rings. The Balaban J connectivity index is 0.00000139. The van der Waals surface area contributed by atoms with Crippen LogP contribution in [-0.4, -0.2) is 0 Å². The Morgan fingerprint density at radius 2 is 2.00 bits per heavy atom. The molecule has 2 unspecified atom stereocenters. The van der Waals surface area contributed by atoms with E-state index in [2.05, 4.69) is 19.2 Å². The fraction of sp³-hybridized carbons (Fsp3) is 0.409. The first kappa shape index (κ1) is 19.8. The lowest BCUT2D eigenvalue weighted by Crippen LogP contribution is -1.99. The summed E-state index contributed by atoms with van der Waals surface area (Å²) in [7, 11) is 0. The van der Waals surface area contributed by atoms with E-state index in [0.717, 1.165) is 36.2 Å². The Morgan fingerprint density at radius 3 is 2.62 bits per heavy atom. The molecule has 1 saturated carbocycles. The van der Waals surface area contributed by atoms with Gasteiger partial charge in [0.05, 0.1) is 6.07 Å². The van der Waals surface area contributed by atoms with E-state index in [1.165, 1.54) is 0 Å². The molecule has 128 valence electrons. The maximum absolute atomic E-state index is 8.80. The van der Waals surface area contributed by atoms with Crippen LogP contribution in [0.15, 0.2) is 67.0 Å². The molecular formula is C22H29NO. The van der Waals surface area contributed by atoms with Crippen molar-refractivity contribution in [2.45, 2.75) is 46.1 Å². The van der Waals surface area contributed by atoms with E-state index >= 15 is 0 Å². The van der Waals surface area contributed by atoms with Gasteiger partial charge in [-0.05, 0) is 54.4 Å². The first-order valence-corrected chi connectivity index (χ1v) is 8.79. The van der Waals surface area contributed by atoms with E-state index in [1.54, 1.807) is 6.08 Å². The molecule has 1 aromatic carbocycles. The predicted octanol–water partition coefficient (Wildman–Crippen LogP) is 6.19. The maximum Gasteiger partial charge on any atom is 0.119 e. The number of nitriles is 1. The van der Waals surface area contributed by atoms with Crippen molar-refractivity contribution >= 4 is 0 Å². The van der Waals surface area contributed by atoms with Gasteiger partial charge in [-0.2, -0.15) is 5.26 Å². The summed E-state index contributed by atoms with van der Waals surface area (Å²) in [6.45, 7) is 12.5. The molecular weight excluding hydrogens is 294 g/mol. The second-order valence-electron chi connectivity index (χ2n) is 5.84. The Kier molecular flexibility index (Phi) is 9.31. The van der Waals surface area contributed by atoms with Crippen molar-refractivity contribution in [2.24, 2.45) is 11.8 Å². The van der Waals surface area contributed by atoms with E-state index in [9.17, 15) is 0 Å². The molecule has 0 radical (unpaired) electrons. The van der Waals surface area contributed by atoms with Crippen molar-refractivity contribution in [3.05, 3.63) is 72.5 Å². The number of nitrogens with zero attached hydrogens (tertiary/aromatic N) is 1. The smallest absolute Gasteiger partial charge is 0.119 e. The van der Waals surface area contributed by atoms with E-state index in [4.69, 9.17) is 10.00 Å². The summed E-state index contributed by atoms with van der Waals surface area (Å²) in [4.78, 5) is 0. The summed E-state index contributed by atoms with van der Waals surface area (Å²) in [5.74, 6) is 1.75. The van der Waals surface area contributed by atoms with Crippen LogP contribution in [0, 0.1) is 23.2 Å². The van der Waals surface area contributed by atoms with E-state index < -0.39 is 0 Å². The molecule has 0 saturated heterocycles. The summed E-state index contributed by atoms with van der Waals surface area (Å²) < 4.78 is 5.81. The number of hydrogen-bond acceptors (Lipinski definition) is 2. The number of ether oxygens (including phenoxy) is 1. The Hall–Kier alpha value is -2.27. The first-order valence-electron chi connectivity index (χ1n) is 8.79. The SMILES string of the molecule is C=C/C(=C\C(=C)C1CCC(CC#N)C1)OCc1ccccc1.CC. The summed E-state index contributed by atoms with van der Waals surface area (Å²) in [5, 5.41) is 8.80. The fourth-order valence-corrected chi connectivity index (χ4v) is 2.93. The molecule has 0 aromatic heterocycles. The predicted molar refractivity (Wildman–Crippen MR) is 101 cm³/mol. The van der Waals surface area contributed by atoms with Crippen LogP contribution in [0.5, 0.6) is 0 Å². The van der Waals surface area contributed by atoms with Gasteiger partial charge in [0.2, 0.25) is 0 Å². The Morgan fingerprint density at radius 1 is 1.29 bits per heavy atom. The van der Waals surface area contributed by atoms with Gasteiger partial charge >= 0.3 is 0 Å². The zero-order valence-corrected chi connectivity index (χ0v) is 15.0. The quantitative estimate of drug-likeness (QED) is 0.443. The zero-order valence-electron chi connectivity index (χ0n) is 15.0. The second kappa shape index (κ2) is 11.3. The molecule has 2 heteroatoms. The maximum atomic E-state index is 8.80. The van der Waals surface area contributed by atoms with E-state index in [1.807, 2.05) is 50.3 Å². The van der Waals surface area contributed by atoms with Gasteiger partial charge in [0.15, 0.2) is 0 Å². The van der Waals surface area contributed by atoms with Gasteiger partial charge in [0, 0.05) is 6.42 Å². The summed E-state index contributed by atoms with van der Waals surface area (Å²) in [6, 6.07) is 12.4. The van der Waals surface area contributed by atoms with Gasteiger partial charge in [-0.1, -0.05) is 57.3 Å². The average Bonchev–Trinajstić information content (AvgIpc) is 3.10. The molecule has 2 nitrogen and oxygen atoms in total. The number of allylic oxidation sites excluding steroid dienone is 3. The van der Waals surface area contributed by atoms with Crippen molar-refractivity contribution in [3.8, 4) is 6.07 Å². The van der Waals surface area contributed by atoms with Crippen LogP contribution in [0.25, 0.3) is 0 Å². The summed E-state index contributed by atoms with van der Waals surface area (Å²) in [6.07, 6.45) is 7.69. The van der Waals surface area contributed by atoms with Crippen LogP contribution in [0.3, 0.4) is 0 Å². The molecule has 0 aliphatic heterocycles. The normalized spacial score (nSPS) is 19.6. The highest BCUT2D eigenvalue weighted by Crippen LogP contribution is 2.37. The number of benzene rings is 1. The molecule has 0 amide bonds. The number of rotatable bonds is 7. The monoisotopic (exact) mass is 323 g/mol. The van der Waals surface area contributed by atoms with Gasteiger partial charge in [0.1, 0.15) is 12.4 Å². The van der Waals surface area contributed by atoms with Crippen molar-refractivity contribution in [3.63, 3.8) is 0 Å². The summed E-state index contributed by atoms with van der Waals surface area (Å²) in [5.41, 5.74) is 2.22. The molecule has 1 aliphatic rings. The number of hydrogen-bond donors (Lipinski definition) is 0. The molecule has 24 heavy (non-hydrogen) atoms. The largest absolute Gasteiger partial charge is 0.489 e. The molecule has 0 N–H and O–H groups in total. The molecule has 2 rings (SSSR count). The molecule has 1 fully saturated rings. The minimum Gasteiger partial charge on any atom is -0.489 e. The topological polar surface area (TPSA) is 33.0 Å². The lowest BCUT2D eigenvalue weighted by atomic mass is 9.96. The second-order valence-corrected chi connectivity index (χ2v) is 5.84. The minimum atomic E-state index is 0.466. The highest BCUT2D eigenvalue weighted by molar-refractivity contribution is 5.26. The first-order chi connectivity index (χ1) is 11.7. The lowest BCUT2D eigenvalue weighted by molar-refractivity contribution is 0.211. The van der Waals surface area contributed by atoms with Crippen LogP contribution < -0.4 is 0 Å². The van der Waals surface area contributed by atoms with Crippen LogP contribution in [0.2, 0.25) is 0 Å². The average molecular weight is 323 g/mol. The highest BCUT2D eigenvalue weighted by Gasteiger charge is 2.25. The molecule has 1 aliphatic carbocycles. The molecule has 0 bridgehead atoms. The van der Waals surface area contributed by atoms with Crippen LogP contribution in [0.1, 0.15) is 45.1 Å². The van der Waals surface area contributed by atoms with Crippen LogP contribution >= 0.6 is 0 Å². The Bertz CT molecular complexity index is 580. The summed E-state index contributed by atoms with van der Waals surface area (Å²) >= 11 is 0. The van der Waals surface area contributed by atoms with Gasteiger partial charge in [-0.15, -0.1) is 0 Å².